The van der Waals surface area contributed by atoms with Crippen molar-refractivity contribution < 1.29 is 13.2 Å². The Bertz CT molecular complexity index is 734. The quantitative estimate of drug-likeness (QED) is 0.824. The zero-order valence-electron chi connectivity index (χ0n) is 12.8. The predicted molar refractivity (Wildman–Crippen MR) is 87.8 cm³/mol. The minimum absolute atomic E-state index is 0.139. The highest BCUT2D eigenvalue weighted by Gasteiger charge is 2.20. The van der Waals surface area contributed by atoms with Gasteiger partial charge in [0.1, 0.15) is 0 Å². The summed E-state index contributed by atoms with van der Waals surface area (Å²) in [6, 6.07) is 12.9. The Morgan fingerprint density at radius 3 is 2.35 bits per heavy atom. The van der Waals surface area contributed by atoms with Gasteiger partial charge in [0.2, 0.25) is 15.9 Å². The second-order valence-electron chi connectivity index (χ2n) is 5.15. The van der Waals surface area contributed by atoms with Crippen molar-refractivity contribution in [3.8, 4) is 0 Å². The third kappa shape index (κ3) is 5.80. The molecule has 1 amide bonds. The number of amides is 1. The van der Waals surface area contributed by atoms with Crippen LogP contribution >= 0.6 is 0 Å². The molecular formula is C16H19N3O3S. The largest absolute Gasteiger partial charge is 0.351 e. The van der Waals surface area contributed by atoms with Gasteiger partial charge in [-0.2, -0.15) is 4.31 Å². The standard InChI is InChI=1S/C16H19N3O3S/c1-23(21,22)19(12-15-7-9-17-10-8-15)13-16(20)18-11-14-5-3-2-4-6-14/h2-10H,11-13H2,1H3,(H,18,20). The normalized spacial score (nSPS) is 11.4. The molecule has 0 aliphatic heterocycles. The van der Waals surface area contributed by atoms with Gasteiger partial charge in [0, 0.05) is 25.5 Å². The number of sulfonamides is 1. The maximum atomic E-state index is 12.0. The average Bonchev–Trinajstić information content (AvgIpc) is 2.53. The molecule has 23 heavy (non-hydrogen) atoms. The molecule has 1 aromatic carbocycles. The van der Waals surface area contributed by atoms with Crippen LogP contribution in [0.5, 0.6) is 0 Å². The lowest BCUT2D eigenvalue weighted by Crippen LogP contribution is -2.39. The molecule has 1 aromatic heterocycles. The van der Waals surface area contributed by atoms with Gasteiger partial charge in [-0.05, 0) is 23.3 Å². The summed E-state index contributed by atoms with van der Waals surface area (Å²) in [5, 5.41) is 2.73. The van der Waals surface area contributed by atoms with Crippen molar-refractivity contribution in [1.82, 2.24) is 14.6 Å². The summed E-state index contributed by atoms with van der Waals surface area (Å²) in [6.45, 7) is 0.292. The number of hydrogen-bond acceptors (Lipinski definition) is 4. The van der Waals surface area contributed by atoms with E-state index in [-0.39, 0.29) is 19.0 Å². The lowest BCUT2D eigenvalue weighted by molar-refractivity contribution is -0.121. The summed E-state index contributed by atoms with van der Waals surface area (Å²) in [5.41, 5.74) is 1.74. The highest BCUT2D eigenvalue weighted by Crippen LogP contribution is 2.07. The number of nitrogens with zero attached hydrogens (tertiary/aromatic N) is 2. The van der Waals surface area contributed by atoms with Gasteiger partial charge in [-0.15, -0.1) is 0 Å². The molecule has 0 aliphatic rings. The van der Waals surface area contributed by atoms with Crippen LogP contribution in [0.4, 0.5) is 0 Å². The number of aromatic nitrogens is 1. The molecule has 7 heteroatoms. The van der Waals surface area contributed by atoms with E-state index in [0.29, 0.717) is 6.54 Å². The van der Waals surface area contributed by atoms with Crippen LogP contribution in [0.3, 0.4) is 0 Å². The molecular weight excluding hydrogens is 314 g/mol. The maximum absolute atomic E-state index is 12.0. The first kappa shape index (κ1) is 17.1. The second kappa shape index (κ2) is 7.85. The van der Waals surface area contributed by atoms with E-state index in [4.69, 9.17) is 0 Å². The van der Waals surface area contributed by atoms with Crippen molar-refractivity contribution in [3.05, 3.63) is 66.0 Å². The van der Waals surface area contributed by atoms with Crippen LogP contribution in [-0.2, 0) is 27.9 Å². The number of rotatable bonds is 7. The Labute approximate surface area is 136 Å². The van der Waals surface area contributed by atoms with Gasteiger partial charge in [-0.1, -0.05) is 30.3 Å². The van der Waals surface area contributed by atoms with Gasteiger partial charge in [0.15, 0.2) is 0 Å². The molecule has 0 fully saturated rings. The number of nitrogens with one attached hydrogen (secondary N) is 1. The third-order valence-corrected chi connectivity index (χ3v) is 4.43. The smallest absolute Gasteiger partial charge is 0.235 e. The van der Waals surface area contributed by atoms with Gasteiger partial charge >= 0.3 is 0 Å². The number of benzene rings is 1. The van der Waals surface area contributed by atoms with Crippen LogP contribution in [0.2, 0.25) is 0 Å². The van der Waals surface area contributed by atoms with Crippen LogP contribution in [0.25, 0.3) is 0 Å². The molecule has 0 unspecified atom stereocenters. The van der Waals surface area contributed by atoms with E-state index in [9.17, 15) is 13.2 Å². The third-order valence-electron chi connectivity index (χ3n) is 3.23. The molecule has 0 radical (unpaired) electrons. The first-order chi connectivity index (χ1) is 10.9. The minimum Gasteiger partial charge on any atom is -0.351 e. The highest BCUT2D eigenvalue weighted by molar-refractivity contribution is 7.88. The van der Waals surface area contributed by atoms with E-state index in [0.717, 1.165) is 21.7 Å². The molecule has 1 N–H and O–H groups in total. The van der Waals surface area contributed by atoms with E-state index >= 15 is 0 Å². The van der Waals surface area contributed by atoms with Gasteiger partial charge < -0.3 is 5.32 Å². The monoisotopic (exact) mass is 333 g/mol. The second-order valence-corrected chi connectivity index (χ2v) is 7.13. The van der Waals surface area contributed by atoms with Gasteiger partial charge in [0.05, 0.1) is 12.8 Å². The molecule has 0 saturated heterocycles. The SMILES string of the molecule is CS(=O)(=O)N(CC(=O)NCc1ccccc1)Cc1ccncc1. The van der Waals surface area contributed by atoms with Crippen molar-refractivity contribution in [2.24, 2.45) is 0 Å². The fourth-order valence-corrected chi connectivity index (χ4v) is 2.73. The number of pyridine rings is 1. The summed E-state index contributed by atoms with van der Waals surface area (Å²) >= 11 is 0. The fourth-order valence-electron chi connectivity index (χ4n) is 1.99. The van der Waals surface area contributed by atoms with Crippen molar-refractivity contribution in [2.75, 3.05) is 12.8 Å². The summed E-state index contributed by atoms with van der Waals surface area (Å²) < 4.78 is 24.9. The highest BCUT2D eigenvalue weighted by atomic mass is 32.2. The molecule has 2 aromatic rings. The van der Waals surface area contributed by atoms with Crippen LogP contribution in [0, 0.1) is 0 Å². The van der Waals surface area contributed by atoms with E-state index in [2.05, 4.69) is 10.3 Å². The molecule has 1 heterocycles. The molecule has 6 nitrogen and oxygen atoms in total. The Morgan fingerprint density at radius 1 is 1.09 bits per heavy atom. The van der Waals surface area contributed by atoms with Gasteiger partial charge in [-0.25, -0.2) is 8.42 Å². The summed E-state index contributed by atoms with van der Waals surface area (Å²) in [6.07, 6.45) is 4.27. The van der Waals surface area contributed by atoms with E-state index < -0.39 is 10.0 Å². The summed E-state index contributed by atoms with van der Waals surface area (Å²) in [4.78, 5) is 15.9. The Hall–Kier alpha value is -2.25. The van der Waals surface area contributed by atoms with Crippen molar-refractivity contribution >= 4 is 15.9 Å². The first-order valence-corrected chi connectivity index (χ1v) is 8.94. The summed E-state index contributed by atoms with van der Waals surface area (Å²) in [7, 11) is -3.49. The molecule has 0 bridgehead atoms. The molecule has 0 spiro atoms. The van der Waals surface area contributed by atoms with Crippen LogP contribution in [0.1, 0.15) is 11.1 Å². The molecule has 2 rings (SSSR count). The van der Waals surface area contributed by atoms with Crippen LogP contribution in [-0.4, -0.2) is 36.4 Å². The van der Waals surface area contributed by atoms with Crippen LogP contribution < -0.4 is 5.32 Å². The zero-order chi connectivity index (χ0) is 16.7. The summed E-state index contributed by atoms with van der Waals surface area (Å²) in [5.74, 6) is -0.340. The number of carbonyl (C=O) groups excluding carboxylic acids is 1. The van der Waals surface area contributed by atoms with E-state index in [1.807, 2.05) is 30.3 Å². The Morgan fingerprint density at radius 2 is 1.74 bits per heavy atom. The topological polar surface area (TPSA) is 79.4 Å². The Balaban J connectivity index is 1.96. The van der Waals surface area contributed by atoms with Crippen molar-refractivity contribution in [2.45, 2.75) is 13.1 Å². The average molecular weight is 333 g/mol. The first-order valence-electron chi connectivity index (χ1n) is 7.10. The number of carbonyl (C=O) groups is 1. The Kier molecular flexibility index (Phi) is 5.84. The van der Waals surface area contributed by atoms with E-state index in [1.54, 1.807) is 24.5 Å². The molecule has 0 saturated carbocycles. The van der Waals surface area contributed by atoms with Crippen molar-refractivity contribution in [3.63, 3.8) is 0 Å². The fraction of sp³-hybridized carbons (Fsp3) is 0.250. The van der Waals surface area contributed by atoms with Crippen molar-refractivity contribution in [1.29, 1.82) is 0 Å². The van der Waals surface area contributed by atoms with Crippen LogP contribution in [0.15, 0.2) is 54.9 Å². The zero-order valence-corrected chi connectivity index (χ0v) is 13.7. The number of hydrogen-bond donors (Lipinski definition) is 1. The minimum atomic E-state index is -3.49. The maximum Gasteiger partial charge on any atom is 0.235 e. The van der Waals surface area contributed by atoms with Gasteiger partial charge in [-0.3, -0.25) is 9.78 Å². The lowest BCUT2D eigenvalue weighted by atomic mass is 10.2. The molecule has 0 atom stereocenters. The van der Waals surface area contributed by atoms with Gasteiger partial charge in [0.25, 0.3) is 0 Å². The lowest BCUT2D eigenvalue weighted by Gasteiger charge is -2.19. The molecule has 0 aliphatic carbocycles. The molecule has 122 valence electrons. The van der Waals surface area contributed by atoms with E-state index in [1.165, 1.54) is 0 Å². The predicted octanol–water partition coefficient (Wildman–Crippen LogP) is 1.16.